The first-order valence-electron chi connectivity index (χ1n) is 16.4. The zero-order chi connectivity index (χ0) is 32.6. The van der Waals surface area contributed by atoms with E-state index < -0.39 is 0 Å². The molecule has 0 N–H and O–H groups in total. The van der Waals surface area contributed by atoms with Crippen molar-refractivity contribution >= 4 is 21.9 Å². The Morgan fingerprint density at radius 1 is 0.327 bits per heavy atom. The van der Waals surface area contributed by atoms with Crippen LogP contribution >= 0.6 is 0 Å². The molecule has 4 heteroatoms. The minimum absolute atomic E-state index is 0.601. The molecule has 49 heavy (non-hydrogen) atoms. The van der Waals surface area contributed by atoms with Gasteiger partial charge in [-0.1, -0.05) is 152 Å². The second-order valence-corrected chi connectivity index (χ2v) is 12.0. The molecule has 0 amide bonds. The molecular formula is C45H29N3O. The third kappa shape index (κ3) is 5.35. The van der Waals surface area contributed by atoms with Crippen molar-refractivity contribution in [2.24, 2.45) is 0 Å². The van der Waals surface area contributed by atoms with Crippen LogP contribution in [0.3, 0.4) is 0 Å². The Morgan fingerprint density at radius 2 is 0.776 bits per heavy atom. The maximum absolute atomic E-state index is 6.75. The minimum atomic E-state index is 0.601. The average Bonchev–Trinajstić information content (AvgIpc) is 3.58. The first kappa shape index (κ1) is 28.6. The number of furan rings is 1. The van der Waals surface area contributed by atoms with Crippen LogP contribution in [0.25, 0.3) is 89.5 Å². The molecule has 0 saturated carbocycles. The molecule has 9 rings (SSSR count). The molecule has 0 unspecified atom stereocenters. The lowest BCUT2D eigenvalue weighted by Gasteiger charge is -2.12. The first-order valence-corrected chi connectivity index (χ1v) is 16.4. The van der Waals surface area contributed by atoms with Gasteiger partial charge in [-0.3, -0.25) is 0 Å². The van der Waals surface area contributed by atoms with E-state index in [0.717, 1.165) is 60.9 Å². The summed E-state index contributed by atoms with van der Waals surface area (Å²) in [5.41, 5.74) is 11.1. The molecule has 2 heterocycles. The highest BCUT2D eigenvalue weighted by molar-refractivity contribution is 6.15. The maximum Gasteiger partial charge on any atom is 0.164 e. The van der Waals surface area contributed by atoms with Gasteiger partial charge in [0, 0.05) is 33.0 Å². The summed E-state index contributed by atoms with van der Waals surface area (Å²) >= 11 is 0. The maximum atomic E-state index is 6.75. The number of fused-ring (bicyclic) bond motifs is 3. The summed E-state index contributed by atoms with van der Waals surface area (Å²) in [4.78, 5) is 15.0. The van der Waals surface area contributed by atoms with Gasteiger partial charge < -0.3 is 4.42 Å². The molecule has 0 spiro atoms. The van der Waals surface area contributed by atoms with Gasteiger partial charge in [-0.05, 0) is 52.1 Å². The fourth-order valence-electron chi connectivity index (χ4n) is 6.57. The van der Waals surface area contributed by atoms with Gasteiger partial charge in [0.15, 0.2) is 17.5 Å². The van der Waals surface area contributed by atoms with Crippen LogP contribution in [0, 0.1) is 0 Å². The van der Waals surface area contributed by atoms with Crippen molar-refractivity contribution < 1.29 is 4.42 Å². The molecule has 0 bridgehead atoms. The van der Waals surface area contributed by atoms with Gasteiger partial charge in [-0.25, -0.2) is 15.0 Å². The van der Waals surface area contributed by atoms with Gasteiger partial charge in [0.05, 0.1) is 0 Å². The van der Waals surface area contributed by atoms with E-state index >= 15 is 0 Å². The molecule has 0 radical (unpaired) electrons. The number of aromatic nitrogens is 3. The van der Waals surface area contributed by atoms with Gasteiger partial charge in [-0.15, -0.1) is 0 Å². The summed E-state index contributed by atoms with van der Waals surface area (Å²) in [5.74, 6) is 1.85. The Hall–Kier alpha value is -6.65. The van der Waals surface area contributed by atoms with E-state index in [9.17, 15) is 0 Å². The Morgan fingerprint density at radius 3 is 1.33 bits per heavy atom. The van der Waals surface area contributed by atoms with E-state index in [2.05, 4.69) is 103 Å². The van der Waals surface area contributed by atoms with Crippen LogP contribution in [0.2, 0.25) is 0 Å². The van der Waals surface area contributed by atoms with Gasteiger partial charge >= 0.3 is 0 Å². The molecule has 230 valence electrons. The molecule has 0 atom stereocenters. The molecule has 9 aromatic rings. The number of hydrogen-bond donors (Lipinski definition) is 0. The Kier molecular flexibility index (Phi) is 7.10. The number of benzene rings is 7. The van der Waals surface area contributed by atoms with Crippen molar-refractivity contribution in [2.75, 3.05) is 0 Å². The Balaban J connectivity index is 1.26. The minimum Gasteiger partial charge on any atom is -0.455 e. The summed E-state index contributed by atoms with van der Waals surface area (Å²) in [6.45, 7) is 0. The van der Waals surface area contributed by atoms with Crippen LogP contribution in [0.1, 0.15) is 0 Å². The highest BCUT2D eigenvalue weighted by atomic mass is 16.3. The van der Waals surface area contributed by atoms with Crippen LogP contribution < -0.4 is 0 Å². The number of rotatable bonds is 6. The monoisotopic (exact) mass is 627 g/mol. The standard InChI is InChI=1S/C45H29N3O/c1-5-15-30(16-6-1)34-27-35(31-17-7-2-8-18-31)29-36(28-34)37-23-13-24-38-41-39(25-14-26-40(41)49-42(37)38)45-47-43(32-19-9-3-10-20-32)46-44(48-45)33-21-11-4-12-22-33/h1-29H. The van der Waals surface area contributed by atoms with Crippen LogP contribution in [-0.4, -0.2) is 15.0 Å². The quantitative estimate of drug-likeness (QED) is 0.184. The second kappa shape index (κ2) is 12.2. The van der Waals surface area contributed by atoms with Gasteiger partial charge in [-0.2, -0.15) is 0 Å². The largest absolute Gasteiger partial charge is 0.455 e. The highest BCUT2D eigenvalue weighted by Crippen LogP contribution is 2.42. The average molecular weight is 628 g/mol. The van der Waals surface area contributed by atoms with Crippen LogP contribution in [0.4, 0.5) is 0 Å². The van der Waals surface area contributed by atoms with E-state index in [1.165, 1.54) is 11.1 Å². The van der Waals surface area contributed by atoms with Crippen molar-refractivity contribution in [3.63, 3.8) is 0 Å². The van der Waals surface area contributed by atoms with Crippen molar-refractivity contribution in [1.29, 1.82) is 0 Å². The van der Waals surface area contributed by atoms with Crippen molar-refractivity contribution in [3.8, 4) is 67.5 Å². The SMILES string of the molecule is c1ccc(-c2cc(-c3ccccc3)cc(-c3cccc4c3oc3cccc(-c5nc(-c6ccccc6)nc(-c6ccccc6)n5)c34)c2)cc1. The molecule has 4 nitrogen and oxygen atoms in total. The highest BCUT2D eigenvalue weighted by Gasteiger charge is 2.20. The van der Waals surface area contributed by atoms with Gasteiger partial charge in [0.2, 0.25) is 0 Å². The number of para-hydroxylation sites is 1. The molecule has 7 aromatic carbocycles. The second-order valence-electron chi connectivity index (χ2n) is 12.0. The van der Waals surface area contributed by atoms with E-state index in [-0.39, 0.29) is 0 Å². The number of hydrogen-bond acceptors (Lipinski definition) is 4. The summed E-state index contributed by atoms with van der Waals surface area (Å²) in [6.07, 6.45) is 0. The fourth-order valence-corrected chi connectivity index (χ4v) is 6.57. The Labute approximate surface area is 284 Å². The smallest absolute Gasteiger partial charge is 0.164 e. The van der Waals surface area contributed by atoms with Crippen molar-refractivity contribution in [3.05, 3.63) is 176 Å². The Bertz CT molecular complexity index is 2460. The van der Waals surface area contributed by atoms with E-state index in [4.69, 9.17) is 19.4 Å². The topological polar surface area (TPSA) is 51.8 Å². The predicted octanol–water partition coefficient (Wildman–Crippen LogP) is 11.8. The molecule has 0 fully saturated rings. The zero-order valence-corrected chi connectivity index (χ0v) is 26.5. The fraction of sp³-hybridized carbons (Fsp3) is 0. The molecule has 2 aromatic heterocycles. The summed E-state index contributed by atoms with van der Waals surface area (Å²) < 4.78 is 6.75. The van der Waals surface area contributed by atoms with Crippen LogP contribution in [0.15, 0.2) is 180 Å². The van der Waals surface area contributed by atoms with Crippen LogP contribution in [-0.2, 0) is 0 Å². The lowest BCUT2D eigenvalue weighted by molar-refractivity contribution is 0.670. The molecular weight excluding hydrogens is 599 g/mol. The first-order chi connectivity index (χ1) is 24.3. The summed E-state index contributed by atoms with van der Waals surface area (Å²) in [7, 11) is 0. The van der Waals surface area contributed by atoms with E-state index in [1.54, 1.807) is 0 Å². The lowest BCUT2D eigenvalue weighted by Crippen LogP contribution is -2.00. The van der Waals surface area contributed by atoms with E-state index in [0.29, 0.717) is 17.5 Å². The molecule has 0 aliphatic heterocycles. The third-order valence-corrected chi connectivity index (χ3v) is 8.92. The molecule has 0 saturated heterocycles. The lowest BCUT2D eigenvalue weighted by atomic mass is 9.92. The zero-order valence-electron chi connectivity index (χ0n) is 26.5. The van der Waals surface area contributed by atoms with Crippen LogP contribution in [0.5, 0.6) is 0 Å². The normalized spacial score (nSPS) is 11.3. The van der Waals surface area contributed by atoms with Crippen molar-refractivity contribution in [1.82, 2.24) is 15.0 Å². The third-order valence-electron chi connectivity index (χ3n) is 8.92. The van der Waals surface area contributed by atoms with Crippen molar-refractivity contribution in [2.45, 2.75) is 0 Å². The molecule has 0 aliphatic rings. The number of nitrogens with zero attached hydrogens (tertiary/aromatic N) is 3. The summed E-state index contributed by atoms with van der Waals surface area (Å²) in [6, 6.07) is 60.5. The molecule has 0 aliphatic carbocycles. The predicted molar refractivity (Wildman–Crippen MR) is 200 cm³/mol. The van der Waals surface area contributed by atoms with Gasteiger partial charge in [0.25, 0.3) is 0 Å². The van der Waals surface area contributed by atoms with E-state index in [1.807, 2.05) is 72.8 Å². The summed E-state index contributed by atoms with van der Waals surface area (Å²) in [5, 5.41) is 1.99. The van der Waals surface area contributed by atoms with Gasteiger partial charge in [0.1, 0.15) is 11.2 Å².